The number of aliphatic hydroxyl groups excluding tert-OH is 1. The van der Waals surface area contributed by atoms with Crippen LogP contribution in [-0.4, -0.2) is 51.0 Å². The molecule has 9 heteroatoms. The highest BCUT2D eigenvalue weighted by molar-refractivity contribution is 7.90. The van der Waals surface area contributed by atoms with Gasteiger partial charge in [-0.05, 0) is 97.7 Å². The lowest BCUT2D eigenvalue weighted by Gasteiger charge is -2.53. The number of hydrogen-bond acceptors (Lipinski definition) is 6. The maximum atomic E-state index is 13.1. The van der Waals surface area contributed by atoms with Crippen molar-refractivity contribution in [3.05, 3.63) is 58.1 Å². The molecule has 2 aliphatic heterocycles. The number of anilines is 1. The van der Waals surface area contributed by atoms with Gasteiger partial charge in [-0.2, -0.15) is 0 Å². The van der Waals surface area contributed by atoms with Gasteiger partial charge in [0.05, 0.1) is 24.2 Å². The van der Waals surface area contributed by atoms with E-state index in [4.69, 9.17) is 16.3 Å². The molecule has 0 aromatic heterocycles. The van der Waals surface area contributed by atoms with Crippen molar-refractivity contribution in [3.8, 4) is 5.75 Å². The van der Waals surface area contributed by atoms with Crippen molar-refractivity contribution >= 4 is 33.2 Å². The summed E-state index contributed by atoms with van der Waals surface area (Å²) in [4.78, 5) is 15.5. The van der Waals surface area contributed by atoms with Gasteiger partial charge in [0.1, 0.15) is 5.75 Å². The predicted molar refractivity (Wildman–Crippen MR) is 157 cm³/mol. The molecule has 0 unspecified atom stereocenters. The molecule has 6 rings (SSSR count). The molecule has 2 aliphatic carbocycles. The first kappa shape index (κ1) is 27.9. The van der Waals surface area contributed by atoms with E-state index in [1.54, 1.807) is 18.2 Å². The van der Waals surface area contributed by atoms with Crippen molar-refractivity contribution in [2.45, 2.75) is 76.2 Å². The van der Waals surface area contributed by atoms with E-state index in [1.165, 1.54) is 11.1 Å². The van der Waals surface area contributed by atoms with Gasteiger partial charge in [0.25, 0.3) is 5.91 Å². The number of amides is 1. The summed E-state index contributed by atoms with van der Waals surface area (Å²) in [5.41, 5.74) is 3.18. The number of carbonyl (C=O) groups is 1. The number of nitrogens with zero attached hydrogens (tertiary/aromatic N) is 1. The van der Waals surface area contributed by atoms with Crippen molar-refractivity contribution in [2.75, 3.05) is 30.3 Å². The summed E-state index contributed by atoms with van der Waals surface area (Å²) in [6, 6.07) is 11.4. The van der Waals surface area contributed by atoms with Crippen LogP contribution in [0.4, 0.5) is 5.69 Å². The first-order valence-corrected chi connectivity index (χ1v) is 16.7. The van der Waals surface area contributed by atoms with Crippen LogP contribution < -0.4 is 14.4 Å². The first-order valence-electron chi connectivity index (χ1n) is 14.6. The molecule has 1 fully saturated rings. The Morgan fingerprint density at radius 3 is 2.73 bits per heavy atom. The molecule has 1 saturated carbocycles. The van der Waals surface area contributed by atoms with E-state index in [1.807, 2.05) is 6.07 Å². The van der Waals surface area contributed by atoms with Crippen LogP contribution in [0.3, 0.4) is 0 Å². The third kappa shape index (κ3) is 5.12. The molecule has 4 atom stereocenters. The maximum absolute atomic E-state index is 13.1. The van der Waals surface area contributed by atoms with Gasteiger partial charge in [0.15, 0.2) is 0 Å². The second kappa shape index (κ2) is 10.5. The molecule has 4 aliphatic rings. The van der Waals surface area contributed by atoms with E-state index in [0.717, 1.165) is 55.8 Å². The zero-order valence-corrected chi connectivity index (χ0v) is 24.7. The molecule has 216 valence electrons. The Morgan fingerprint density at radius 2 is 1.93 bits per heavy atom. The molecule has 1 amide bonds. The van der Waals surface area contributed by atoms with E-state index in [2.05, 4.69) is 28.7 Å². The highest BCUT2D eigenvalue weighted by atomic mass is 35.5. The second-order valence-electron chi connectivity index (χ2n) is 12.6. The normalized spacial score (nSPS) is 32.1. The van der Waals surface area contributed by atoms with Crippen LogP contribution in [0, 0.1) is 11.3 Å². The molecular weight excluding hydrogens is 548 g/mol. The summed E-state index contributed by atoms with van der Waals surface area (Å²) >= 11 is 6.38. The number of rotatable bonds is 0. The number of aliphatic hydroxyl groups is 1. The molecule has 2 N–H and O–H groups in total. The van der Waals surface area contributed by atoms with Crippen molar-refractivity contribution in [1.82, 2.24) is 4.72 Å². The Kier molecular flexibility index (Phi) is 7.33. The molecular formula is C31H39ClN2O5S. The van der Waals surface area contributed by atoms with E-state index < -0.39 is 22.0 Å². The Bertz CT molecular complexity index is 1410. The third-order valence-electron chi connectivity index (χ3n) is 10.1. The SMILES string of the molecule is C[C@@]12CC[C@H]1CN1C[C@@]3(CCCc4cc(Cl)ccc43)COc3ccc(cc31)C(=O)NS(=O)(=O)CCCCC[C@@H]2O. The third-order valence-corrected chi connectivity index (χ3v) is 11.7. The number of ether oxygens (including phenoxy) is 1. The van der Waals surface area contributed by atoms with Gasteiger partial charge in [-0.3, -0.25) is 4.79 Å². The molecule has 0 radical (unpaired) electrons. The summed E-state index contributed by atoms with van der Waals surface area (Å²) in [7, 11) is -3.76. The average molecular weight is 587 g/mol. The summed E-state index contributed by atoms with van der Waals surface area (Å²) in [5, 5.41) is 12.0. The minimum Gasteiger partial charge on any atom is -0.490 e. The van der Waals surface area contributed by atoms with E-state index in [0.29, 0.717) is 49.6 Å². The molecule has 2 aromatic rings. The summed E-state index contributed by atoms with van der Waals surface area (Å²) in [6.07, 6.45) is 7.13. The Morgan fingerprint density at radius 1 is 1.07 bits per heavy atom. The van der Waals surface area contributed by atoms with Crippen molar-refractivity contribution < 1.29 is 23.1 Å². The number of nitrogens with one attached hydrogen (secondary N) is 1. The largest absolute Gasteiger partial charge is 0.490 e. The fourth-order valence-corrected chi connectivity index (χ4v) is 8.73. The van der Waals surface area contributed by atoms with Crippen LogP contribution in [0.1, 0.15) is 79.8 Å². The van der Waals surface area contributed by atoms with Crippen LogP contribution in [0.15, 0.2) is 36.4 Å². The van der Waals surface area contributed by atoms with Gasteiger partial charge in [0.2, 0.25) is 10.0 Å². The van der Waals surface area contributed by atoms with Gasteiger partial charge in [-0.15, -0.1) is 0 Å². The van der Waals surface area contributed by atoms with Crippen LogP contribution in [0.5, 0.6) is 5.75 Å². The molecule has 7 nitrogen and oxygen atoms in total. The number of aryl methyl sites for hydroxylation is 1. The number of benzene rings is 2. The zero-order valence-electron chi connectivity index (χ0n) is 23.1. The van der Waals surface area contributed by atoms with E-state index in [9.17, 15) is 18.3 Å². The minimum absolute atomic E-state index is 0.110. The molecule has 40 heavy (non-hydrogen) atoms. The van der Waals surface area contributed by atoms with Crippen LogP contribution >= 0.6 is 11.6 Å². The lowest BCUT2D eigenvalue weighted by atomic mass is 9.57. The fraction of sp³-hybridized carbons (Fsp3) is 0.581. The monoisotopic (exact) mass is 586 g/mol. The quantitative estimate of drug-likeness (QED) is 0.439. The van der Waals surface area contributed by atoms with Crippen LogP contribution in [0.25, 0.3) is 0 Å². The van der Waals surface area contributed by atoms with E-state index in [-0.39, 0.29) is 16.6 Å². The van der Waals surface area contributed by atoms with Gasteiger partial charge in [-0.1, -0.05) is 37.4 Å². The topological polar surface area (TPSA) is 95.9 Å². The number of halogens is 1. The fourth-order valence-electron chi connectivity index (χ4n) is 7.45. The first-order chi connectivity index (χ1) is 19.1. The maximum Gasteiger partial charge on any atom is 0.264 e. The number of hydrogen-bond donors (Lipinski definition) is 2. The van der Waals surface area contributed by atoms with Crippen molar-refractivity contribution in [3.63, 3.8) is 0 Å². The number of sulfonamides is 1. The zero-order chi connectivity index (χ0) is 28.1. The summed E-state index contributed by atoms with van der Waals surface area (Å²) < 4.78 is 34.1. The lowest BCUT2D eigenvalue weighted by molar-refractivity contribution is -0.0757. The Balaban J connectivity index is 1.42. The molecule has 2 heterocycles. The molecule has 1 spiro atoms. The van der Waals surface area contributed by atoms with Crippen LogP contribution in [-0.2, 0) is 21.9 Å². The minimum atomic E-state index is -3.76. The average Bonchev–Trinajstić information content (AvgIpc) is 3.06. The van der Waals surface area contributed by atoms with Crippen molar-refractivity contribution in [2.24, 2.45) is 11.3 Å². The summed E-state index contributed by atoms with van der Waals surface area (Å²) in [6.45, 7) is 4.15. The van der Waals surface area contributed by atoms with Crippen LogP contribution in [0.2, 0.25) is 5.02 Å². The van der Waals surface area contributed by atoms with Gasteiger partial charge in [0, 0.05) is 29.1 Å². The molecule has 2 aromatic carbocycles. The lowest BCUT2D eigenvalue weighted by Crippen LogP contribution is -2.54. The second-order valence-corrected chi connectivity index (χ2v) is 14.9. The van der Waals surface area contributed by atoms with Gasteiger partial charge < -0.3 is 14.7 Å². The standard InChI is InChI=1S/C31H39ClN2O5S/c1-30-14-12-23(30)18-34-19-31(13-5-6-21-16-24(32)9-10-25(21)31)20-39-27-11-8-22(17-26(27)34)29(36)33-40(37,38)15-4-2-3-7-28(30)35/h8-11,16-17,23,28,35H,2-7,12-15,18-20H2,1H3,(H,33,36)/t23-,28-,30+,31-/m0/s1. The Labute approximate surface area is 242 Å². The number of carbonyl (C=O) groups excluding carboxylic acids is 1. The predicted octanol–water partition coefficient (Wildman–Crippen LogP) is 5.22. The van der Waals surface area contributed by atoms with Crippen molar-refractivity contribution in [1.29, 1.82) is 0 Å². The molecule has 2 bridgehead atoms. The van der Waals surface area contributed by atoms with E-state index >= 15 is 0 Å². The van der Waals surface area contributed by atoms with Gasteiger partial charge >= 0.3 is 0 Å². The van der Waals surface area contributed by atoms with Gasteiger partial charge in [-0.25, -0.2) is 13.1 Å². The highest BCUT2D eigenvalue weighted by Crippen LogP contribution is 2.52. The summed E-state index contributed by atoms with van der Waals surface area (Å²) in [5.74, 6) is 0.265. The Hall–Kier alpha value is -2.29. The smallest absolute Gasteiger partial charge is 0.264 e. The highest BCUT2D eigenvalue weighted by Gasteiger charge is 2.49. The molecule has 0 saturated heterocycles. The number of fused-ring (bicyclic) bond motifs is 4.